The number of nitrogens with two attached hydrogens (primary N) is 1. The molecule has 1 heterocycles. The number of amides is 2. The lowest BCUT2D eigenvalue weighted by Gasteiger charge is -2.21. The summed E-state index contributed by atoms with van der Waals surface area (Å²) in [5.41, 5.74) is 5.66. The normalized spacial score (nSPS) is 13.8. The summed E-state index contributed by atoms with van der Waals surface area (Å²) >= 11 is 1.30. The monoisotopic (exact) mass is 339 g/mol. The molecule has 0 unspecified atom stereocenters. The summed E-state index contributed by atoms with van der Waals surface area (Å²) in [4.78, 5) is 27.5. The number of nitrogens with zero attached hydrogens (tertiary/aromatic N) is 1. The molecule has 6 nitrogen and oxygen atoms in total. The number of carbonyl (C=O) groups is 2. The van der Waals surface area contributed by atoms with E-state index in [0.717, 1.165) is 0 Å². The Kier molecular flexibility index (Phi) is 5.15. The topological polar surface area (TPSA) is 94.3 Å². The molecule has 8 heteroatoms. The van der Waals surface area contributed by atoms with Gasteiger partial charge in [-0.15, -0.1) is 11.3 Å². The second-order valence-corrected chi connectivity index (χ2v) is 6.56. The molecule has 3 N–H and O–H groups in total. The van der Waals surface area contributed by atoms with E-state index >= 15 is 0 Å². The average Bonchev–Trinajstić information content (AvgIpc) is 2.87. The van der Waals surface area contributed by atoms with Crippen LogP contribution in [0.3, 0.4) is 0 Å². The van der Waals surface area contributed by atoms with Crippen LogP contribution < -0.4 is 11.1 Å². The number of halogens is 1. The number of nitrogens with one attached hydrogen (secondary N) is 1. The van der Waals surface area contributed by atoms with Gasteiger partial charge in [0.1, 0.15) is 10.8 Å². The zero-order valence-electron chi connectivity index (χ0n) is 13.0. The molecular weight excluding hydrogens is 321 g/mol. The van der Waals surface area contributed by atoms with Crippen molar-refractivity contribution in [3.05, 3.63) is 29.0 Å². The van der Waals surface area contributed by atoms with Crippen molar-refractivity contribution >= 4 is 33.6 Å². The summed E-state index contributed by atoms with van der Waals surface area (Å²) in [7, 11) is 0. The van der Waals surface area contributed by atoms with Crippen molar-refractivity contribution in [1.29, 1.82) is 0 Å². The fraction of sp³-hybridized carbons (Fsp3) is 0.400. The Morgan fingerprint density at radius 2 is 2.04 bits per heavy atom. The van der Waals surface area contributed by atoms with Gasteiger partial charge in [0.15, 0.2) is 6.10 Å². The molecule has 1 aromatic carbocycles. The van der Waals surface area contributed by atoms with Crippen molar-refractivity contribution in [2.75, 3.05) is 0 Å². The van der Waals surface area contributed by atoms with Gasteiger partial charge in [0, 0.05) is 0 Å². The van der Waals surface area contributed by atoms with Crippen LogP contribution in [0.2, 0.25) is 0 Å². The molecule has 1 aromatic heterocycles. The number of ether oxygens (including phenoxy) is 1. The maximum Gasteiger partial charge on any atom is 0.405 e. The van der Waals surface area contributed by atoms with Crippen LogP contribution in [-0.4, -0.2) is 23.1 Å². The van der Waals surface area contributed by atoms with E-state index in [2.05, 4.69) is 10.3 Å². The number of fused-ring (bicyclic) bond motifs is 1. The Hall–Kier alpha value is -2.22. The number of thiazole rings is 1. The number of aromatic nitrogens is 1. The van der Waals surface area contributed by atoms with Crippen LogP contribution in [0.1, 0.15) is 31.8 Å². The third-order valence-electron chi connectivity index (χ3n) is 3.20. The van der Waals surface area contributed by atoms with Gasteiger partial charge in [0.05, 0.1) is 16.3 Å². The summed E-state index contributed by atoms with van der Waals surface area (Å²) in [6.07, 6.45) is -1.97. The Morgan fingerprint density at radius 3 is 2.65 bits per heavy atom. The van der Waals surface area contributed by atoms with Gasteiger partial charge in [-0.2, -0.15) is 0 Å². The molecule has 124 valence electrons. The van der Waals surface area contributed by atoms with Crippen LogP contribution in [-0.2, 0) is 9.53 Å². The maximum atomic E-state index is 13.2. The molecule has 0 spiro atoms. The number of hydrogen-bond acceptors (Lipinski definition) is 5. The molecule has 23 heavy (non-hydrogen) atoms. The van der Waals surface area contributed by atoms with E-state index < -0.39 is 24.1 Å². The summed E-state index contributed by atoms with van der Waals surface area (Å²) in [6.45, 7) is 5.25. The first-order valence-electron chi connectivity index (χ1n) is 7.10. The van der Waals surface area contributed by atoms with Crippen LogP contribution in [0.25, 0.3) is 10.2 Å². The second kappa shape index (κ2) is 6.91. The highest BCUT2D eigenvalue weighted by atomic mass is 32.1. The number of rotatable bonds is 5. The predicted molar refractivity (Wildman–Crippen MR) is 85.4 cm³/mol. The highest BCUT2D eigenvalue weighted by molar-refractivity contribution is 7.18. The molecule has 2 aromatic rings. The van der Waals surface area contributed by atoms with Crippen molar-refractivity contribution < 1.29 is 18.7 Å². The molecule has 2 rings (SSSR count). The minimum atomic E-state index is -0.998. The van der Waals surface area contributed by atoms with E-state index in [-0.39, 0.29) is 11.7 Å². The zero-order valence-corrected chi connectivity index (χ0v) is 13.8. The highest BCUT2D eigenvalue weighted by Gasteiger charge is 2.27. The van der Waals surface area contributed by atoms with Crippen LogP contribution in [0.4, 0.5) is 9.18 Å². The SMILES string of the molecule is CC(C)[C@H](OC(N)=O)C(=O)N[C@H](C)c1nc2ccc(F)cc2s1. The first-order chi connectivity index (χ1) is 10.8. The number of carbonyl (C=O) groups excluding carboxylic acids is 2. The largest absolute Gasteiger partial charge is 0.436 e. The van der Waals surface area contributed by atoms with E-state index in [1.54, 1.807) is 26.8 Å². The third kappa shape index (κ3) is 4.16. The summed E-state index contributed by atoms with van der Waals surface area (Å²) in [5, 5.41) is 3.38. The Labute approximate surface area is 136 Å². The molecule has 0 aliphatic heterocycles. The van der Waals surface area contributed by atoms with Gasteiger partial charge in [0.2, 0.25) is 0 Å². The molecule has 0 bridgehead atoms. The van der Waals surface area contributed by atoms with E-state index in [1.807, 2.05) is 0 Å². The Morgan fingerprint density at radius 1 is 1.35 bits per heavy atom. The predicted octanol–water partition coefficient (Wildman–Crippen LogP) is 2.73. The van der Waals surface area contributed by atoms with Crippen molar-refractivity contribution in [3.63, 3.8) is 0 Å². The molecule has 2 amide bonds. The number of benzene rings is 1. The first kappa shape index (κ1) is 17.1. The van der Waals surface area contributed by atoms with Gasteiger partial charge in [-0.3, -0.25) is 4.79 Å². The Bertz CT molecular complexity index is 732. The fourth-order valence-electron chi connectivity index (χ4n) is 2.08. The zero-order chi connectivity index (χ0) is 17.1. The van der Waals surface area contributed by atoms with Gasteiger partial charge >= 0.3 is 6.09 Å². The van der Waals surface area contributed by atoms with Gasteiger partial charge in [-0.25, -0.2) is 14.2 Å². The van der Waals surface area contributed by atoms with E-state index in [9.17, 15) is 14.0 Å². The van der Waals surface area contributed by atoms with Crippen molar-refractivity contribution in [2.24, 2.45) is 11.7 Å². The van der Waals surface area contributed by atoms with Crippen LogP contribution in [0.15, 0.2) is 18.2 Å². The van der Waals surface area contributed by atoms with Crippen LogP contribution in [0, 0.1) is 11.7 Å². The van der Waals surface area contributed by atoms with Crippen molar-refractivity contribution in [2.45, 2.75) is 32.9 Å². The molecular formula is C15H18FN3O3S. The minimum Gasteiger partial charge on any atom is -0.436 e. The standard InChI is InChI=1S/C15H18FN3O3S/c1-7(2)12(22-15(17)21)13(20)18-8(3)14-19-10-5-4-9(16)6-11(10)23-14/h4-8,12H,1-3H3,(H2,17,21)(H,18,20)/t8-,12+/m1/s1. The molecule has 2 atom stereocenters. The molecule has 0 aliphatic rings. The van der Waals surface area contributed by atoms with Crippen molar-refractivity contribution in [3.8, 4) is 0 Å². The van der Waals surface area contributed by atoms with Gasteiger partial charge in [-0.1, -0.05) is 13.8 Å². The van der Waals surface area contributed by atoms with Crippen LogP contribution in [0.5, 0.6) is 0 Å². The van der Waals surface area contributed by atoms with Crippen LogP contribution >= 0.6 is 11.3 Å². The quantitative estimate of drug-likeness (QED) is 0.876. The maximum absolute atomic E-state index is 13.2. The first-order valence-corrected chi connectivity index (χ1v) is 7.92. The van der Waals surface area contributed by atoms with E-state index in [4.69, 9.17) is 10.5 Å². The van der Waals surface area contributed by atoms with E-state index in [0.29, 0.717) is 15.2 Å². The lowest BCUT2D eigenvalue weighted by molar-refractivity contribution is -0.132. The minimum absolute atomic E-state index is 0.223. The summed E-state index contributed by atoms with van der Waals surface area (Å²) in [5.74, 6) is -1.00. The van der Waals surface area contributed by atoms with Gasteiger partial charge in [-0.05, 0) is 31.0 Å². The number of primary amides is 1. The van der Waals surface area contributed by atoms with Gasteiger partial charge < -0.3 is 15.8 Å². The summed E-state index contributed by atoms with van der Waals surface area (Å²) < 4.78 is 18.8. The molecule has 0 saturated heterocycles. The highest BCUT2D eigenvalue weighted by Crippen LogP contribution is 2.27. The van der Waals surface area contributed by atoms with Gasteiger partial charge in [0.25, 0.3) is 5.91 Å². The Balaban J connectivity index is 2.13. The smallest absolute Gasteiger partial charge is 0.405 e. The summed E-state index contributed by atoms with van der Waals surface area (Å²) in [6, 6.07) is 3.93. The second-order valence-electron chi connectivity index (χ2n) is 5.50. The van der Waals surface area contributed by atoms with E-state index in [1.165, 1.54) is 23.5 Å². The molecule has 0 aliphatic carbocycles. The number of hydrogen-bond donors (Lipinski definition) is 2. The molecule has 0 saturated carbocycles. The lowest BCUT2D eigenvalue weighted by Crippen LogP contribution is -2.42. The average molecular weight is 339 g/mol. The van der Waals surface area contributed by atoms with Crippen molar-refractivity contribution in [1.82, 2.24) is 10.3 Å². The fourth-order valence-corrected chi connectivity index (χ4v) is 3.07. The third-order valence-corrected chi connectivity index (χ3v) is 4.40. The lowest BCUT2D eigenvalue weighted by atomic mass is 10.1. The molecule has 0 fully saturated rings. The molecule has 0 radical (unpaired) electrons.